The molecule has 0 aliphatic carbocycles. The van der Waals surface area contributed by atoms with Gasteiger partial charge < -0.3 is 20.4 Å². The number of aliphatic hydroxyl groups excluding tert-OH is 1. The van der Waals surface area contributed by atoms with E-state index in [1.54, 1.807) is 36.8 Å². The summed E-state index contributed by atoms with van der Waals surface area (Å²) in [6.45, 7) is 2.18. The lowest BCUT2D eigenvalue weighted by Crippen LogP contribution is -2.52. The number of aromatic hydroxyl groups is 1. The largest absolute Gasteiger partial charge is 0.507 e. The average molecular weight is 427 g/mol. The first kappa shape index (κ1) is 21.8. The van der Waals surface area contributed by atoms with Crippen molar-refractivity contribution in [3.63, 3.8) is 0 Å². The van der Waals surface area contributed by atoms with Gasteiger partial charge in [-0.3, -0.25) is 0 Å². The summed E-state index contributed by atoms with van der Waals surface area (Å²) in [7, 11) is 0. The Morgan fingerprint density at radius 2 is 1.93 bits per heavy atom. The van der Waals surface area contributed by atoms with Gasteiger partial charge in [-0.25, -0.2) is 4.98 Å². The molecule has 3 N–H and O–H groups in total. The summed E-state index contributed by atoms with van der Waals surface area (Å²) in [5.74, 6) is 0.553. The predicted octanol–water partition coefficient (Wildman–Crippen LogP) is 0.439. The highest BCUT2D eigenvalue weighted by Gasteiger charge is 2.21. The first-order valence-corrected chi connectivity index (χ1v) is 8.23. The minimum absolute atomic E-state index is 0. The second kappa shape index (κ2) is 9.60. The molecule has 10 nitrogen and oxygen atoms in total. The fourth-order valence-corrected chi connectivity index (χ4v) is 2.88. The number of piperazine rings is 1. The van der Waals surface area contributed by atoms with Gasteiger partial charge >= 0.3 is 0 Å². The Labute approximate surface area is 173 Å². The fraction of sp³-hybridized carbons (Fsp3) is 0.312. The van der Waals surface area contributed by atoms with E-state index in [2.05, 4.69) is 30.7 Å². The smallest absolute Gasteiger partial charge is 0.245 e. The maximum Gasteiger partial charge on any atom is 0.245 e. The summed E-state index contributed by atoms with van der Waals surface area (Å²) in [5.41, 5.74) is 1.64. The Hall–Kier alpha value is -2.53. The second-order valence-corrected chi connectivity index (χ2v) is 5.94. The normalized spacial score (nSPS) is 16.2. The number of nitrogens with one attached hydrogen (secondary N) is 1. The lowest BCUT2D eigenvalue weighted by atomic mass is 10.1. The van der Waals surface area contributed by atoms with Crippen LogP contribution in [0, 0.1) is 0 Å². The number of phenols is 1. The van der Waals surface area contributed by atoms with E-state index in [9.17, 15) is 10.2 Å². The molecule has 0 saturated carbocycles. The molecular weight excluding hydrogens is 407 g/mol. The van der Waals surface area contributed by atoms with E-state index < -0.39 is 0 Å². The number of phenolic OH excluding ortho intramolecular Hbond substituents is 1. The number of aliphatic hydroxyl groups is 1. The molecule has 0 bridgehead atoms. The molecule has 12 heteroatoms. The number of nitrogens with zero attached hydrogens (tertiary/aromatic N) is 7. The maximum atomic E-state index is 10.3. The number of benzene rings is 1. The Morgan fingerprint density at radius 3 is 2.57 bits per heavy atom. The van der Waals surface area contributed by atoms with Crippen molar-refractivity contribution in [1.29, 1.82) is 0 Å². The van der Waals surface area contributed by atoms with Crippen molar-refractivity contribution in [3.8, 4) is 22.7 Å². The van der Waals surface area contributed by atoms with Crippen LogP contribution >= 0.6 is 24.8 Å². The monoisotopic (exact) mass is 426 g/mol. The van der Waals surface area contributed by atoms with E-state index in [0.717, 1.165) is 13.1 Å². The molecule has 3 heterocycles. The van der Waals surface area contributed by atoms with Gasteiger partial charge in [-0.1, -0.05) is 0 Å². The zero-order chi connectivity index (χ0) is 17.9. The van der Waals surface area contributed by atoms with Crippen LogP contribution in [-0.2, 0) is 0 Å². The molecule has 4 rings (SSSR count). The molecule has 0 amide bonds. The van der Waals surface area contributed by atoms with E-state index in [-0.39, 0.29) is 43.2 Å². The Bertz CT molecular complexity index is 879. The number of anilines is 1. The summed E-state index contributed by atoms with van der Waals surface area (Å²) < 4.78 is 0. The summed E-state index contributed by atoms with van der Waals surface area (Å²) in [6, 6.07) is 5.07. The minimum atomic E-state index is -0.000444. The van der Waals surface area contributed by atoms with Crippen LogP contribution in [0.2, 0.25) is 0 Å². The van der Waals surface area contributed by atoms with Crippen LogP contribution in [-0.4, -0.2) is 72.7 Å². The van der Waals surface area contributed by atoms with E-state index in [1.807, 2.05) is 4.90 Å². The summed E-state index contributed by atoms with van der Waals surface area (Å²) in [6.07, 6.45) is 4.71. The molecule has 0 radical (unpaired) electrons. The molecule has 1 aliphatic rings. The molecule has 2 aromatic heterocycles. The zero-order valence-corrected chi connectivity index (χ0v) is 16.3. The van der Waals surface area contributed by atoms with Gasteiger partial charge in [-0.05, 0) is 12.1 Å². The molecule has 0 spiro atoms. The topological polar surface area (TPSA) is 125 Å². The summed E-state index contributed by atoms with van der Waals surface area (Å²) in [5, 5.41) is 39.3. The quantitative estimate of drug-likeness (QED) is 0.544. The van der Waals surface area contributed by atoms with Crippen molar-refractivity contribution in [2.45, 2.75) is 6.04 Å². The van der Waals surface area contributed by atoms with Crippen molar-refractivity contribution in [1.82, 2.24) is 35.5 Å². The van der Waals surface area contributed by atoms with Gasteiger partial charge in [-0.2, -0.15) is 15.0 Å². The molecule has 3 aromatic rings. The highest BCUT2D eigenvalue weighted by atomic mass is 35.5. The maximum absolute atomic E-state index is 10.3. The second-order valence-electron chi connectivity index (χ2n) is 5.94. The molecular formula is C16H20Cl2N8O2. The van der Waals surface area contributed by atoms with Gasteiger partial charge in [0.25, 0.3) is 0 Å². The molecule has 1 fully saturated rings. The van der Waals surface area contributed by atoms with Crippen molar-refractivity contribution in [2.75, 3.05) is 31.1 Å². The van der Waals surface area contributed by atoms with Gasteiger partial charge in [0.15, 0.2) is 0 Å². The minimum Gasteiger partial charge on any atom is -0.507 e. The molecule has 150 valence electrons. The van der Waals surface area contributed by atoms with Crippen LogP contribution in [0.3, 0.4) is 0 Å². The van der Waals surface area contributed by atoms with Crippen molar-refractivity contribution in [3.05, 3.63) is 36.8 Å². The zero-order valence-electron chi connectivity index (χ0n) is 14.7. The summed E-state index contributed by atoms with van der Waals surface area (Å²) >= 11 is 0. The Kier molecular flexibility index (Phi) is 7.46. The number of aromatic nitrogens is 6. The van der Waals surface area contributed by atoms with Crippen LogP contribution in [0.4, 0.5) is 5.95 Å². The first-order chi connectivity index (χ1) is 12.7. The number of halogens is 2. The average Bonchev–Trinajstić information content (AvgIpc) is 3.23. The van der Waals surface area contributed by atoms with Crippen molar-refractivity contribution in [2.24, 2.45) is 0 Å². The lowest BCUT2D eigenvalue weighted by Gasteiger charge is -2.32. The predicted molar refractivity (Wildman–Crippen MR) is 107 cm³/mol. The SMILES string of the molecule is Cl.Cl.OC[C@@H]1CN(c2ncc(-c3ccc(-n4nccn4)cc3O)nn2)CCN1. The molecule has 28 heavy (non-hydrogen) atoms. The van der Waals surface area contributed by atoms with Gasteiger partial charge in [-0.15, -0.1) is 35.0 Å². The van der Waals surface area contributed by atoms with Crippen LogP contribution in [0.1, 0.15) is 0 Å². The van der Waals surface area contributed by atoms with Gasteiger partial charge in [0, 0.05) is 37.3 Å². The Morgan fingerprint density at radius 1 is 1.14 bits per heavy atom. The van der Waals surface area contributed by atoms with Crippen molar-refractivity contribution >= 4 is 30.8 Å². The van der Waals surface area contributed by atoms with E-state index in [0.29, 0.717) is 29.4 Å². The number of hydrogen-bond donors (Lipinski definition) is 3. The van der Waals surface area contributed by atoms with Crippen LogP contribution in [0.25, 0.3) is 16.9 Å². The molecule has 1 saturated heterocycles. The Balaban J connectivity index is 0.00000140. The van der Waals surface area contributed by atoms with E-state index in [1.165, 1.54) is 4.80 Å². The number of rotatable bonds is 4. The van der Waals surface area contributed by atoms with Gasteiger partial charge in [0.2, 0.25) is 5.95 Å². The highest BCUT2D eigenvalue weighted by Crippen LogP contribution is 2.29. The molecule has 0 unspecified atom stereocenters. The third-order valence-electron chi connectivity index (χ3n) is 4.22. The van der Waals surface area contributed by atoms with E-state index >= 15 is 0 Å². The van der Waals surface area contributed by atoms with Crippen molar-refractivity contribution < 1.29 is 10.2 Å². The summed E-state index contributed by atoms with van der Waals surface area (Å²) in [4.78, 5) is 7.75. The molecule has 1 atom stereocenters. The molecule has 1 aromatic carbocycles. The van der Waals surface area contributed by atoms with Crippen LogP contribution < -0.4 is 10.2 Å². The van der Waals surface area contributed by atoms with E-state index in [4.69, 9.17) is 0 Å². The van der Waals surface area contributed by atoms with Crippen LogP contribution in [0.15, 0.2) is 36.8 Å². The van der Waals surface area contributed by atoms with Gasteiger partial charge in [0.1, 0.15) is 11.4 Å². The highest BCUT2D eigenvalue weighted by molar-refractivity contribution is 5.85. The van der Waals surface area contributed by atoms with Crippen LogP contribution in [0.5, 0.6) is 5.75 Å². The third-order valence-corrected chi connectivity index (χ3v) is 4.22. The molecule has 1 aliphatic heterocycles. The first-order valence-electron chi connectivity index (χ1n) is 8.23. The third kappa shape index (κ3) is 4.47. The number of hydrogen-bond acceptors (Lipinski definition) is 9. The lowest BCUT2D eigenvalue weighted by molar-refractivity contribution is 0.235. The standard InChI is InChI=1S/C16H18N8O2.2ClH/c25-10-11-9-23(6-5-17-11)16-18-8-14(21-22-16)13-2-1-12(7-15(13)26)24-19-3-4-20-24;;/h1-4,7-8,11,17,25-26H,5-6,9-10H2;2*1H/t11-;;/m0../s1. The fourth-order valence-electron chi connectivity index (χ4n) is 2.88. The van der Waals surface area contributed by atoms with Gasteiger partial charge in [0.05, 0.1) is 30.9 Å².